The largest absolute Gasteiger partial charge is 0.391 e. The molecule has 4 unspecified atom stereocenters. The summed E-state index contributed by atoms with van der Waals surface area (Å²) < 4.78 is 80.4. The van der Waals surface area contributed by atoms with E-state index in [1.165, 1.54) is 11.1 Å². The molecule has 2 fully saturated rings. The van der Waals surface area contributed by atoms with Crippen molar-refractivity contribution >= 4 is 5.91 Å². The number of terminal acetylenes is 1. The molecule has 0 bridgehead atoms. The van der Waals surface area contributed by atoms with Gasteiger partial charge in [0.25, 0.3) is 0 Å². The van der Waals surface area contributed by atoms with E-state index in [4.69, 9.17) is 6.42 Å². The lowest BCUT2D eigenvalue weighted by Gasteiger charge is -2.45. The fraction of sp³-hybridized carbons (Fsp3) is 0.821. The average molecular weight is 548 g/mol. The van der Waals surface area contributed by atoms with Gasteiger partial charge in [-0.1, -0.05) is 17.1 Å². The third-order valence-electron chi connectivity index (χ3n) is 9.35. The molecule has 4 atom stereocenters. The SMILES string of the molecule is C#CCN1CCN(C(C(=O)N(C)CCC2CC(C(F)(F)F)CC(C(F)(F)F)C2)C2CCC3=C(CC3)C2)CC1. The lowest BCUT2D eigenvalue weighted by atomic mass is 9.71. The fourth-order valence-electron chi connectivity index (χ4n) is 6.98. The molecule has 4 rings (SSSR count). The Morgan fingerprint density at radius 3 is 2.08 bits per heavy atom. The van der Waals surface area contributed by atoms with Gasteiger partial charge in [0.1, 0.15) is 0 Å². The minimum absolute atomic E-state index is 0.0701. The molecule has 1 aliphatic heterocycles. The van der Waals surface area contributed by atoms with Crippen LogP contribution in [-0.4, -0.2) is 85.3 Å². The van der Waals surface area contributed by atoms with Crippen LogP contribution in [0.4, 0.5) is 26.3 Å². The molecule has 214 valence electrons. The van der Waals surface area contributed by atoms with Crippen LogP contribution in [0.15, 0.2) is 11.1 Å². The number of alkyl halides is 6. The molecule has 0 aromatic heterocycles. The minimum atomic E-state index is -4.65. The molecule has 38 heavy (non-hydrogen) atoms. The Bertz CT molecular complexity index is 893. The summed E-state index contributed by atoms with van der Waals surface area (Å²) >= 11 is 0. The fourth-order valence-corrected chi connectivity index (χ4v) is 6.98. The normalized spacial score (nSPS) is 30.3. The molecule has 1 amide bonds. The predicted octanol–water partition coefficient (Wildman–Crippen LogP) is 5.50. The number of carbonyl (C=O) groups excluding carboxylic acids is 1. The van der Waals surface area contributed by atoms with Gasteiger partial charge in [0.2, 0.25) is 5.91 Å². The third kappa shape index (κ3) is 6.88. The zero-order valence-corrected chi connectivity index (χ0v) is 22.1. The number of carbonyl (C=O) groups is 1. The second-order valence-corrected chi connectivity index (χ2v) is 11.8. The number of likely N-dealkylation sites (N-methyl/N-ethyl adjacent to an activating group) is 1. The number of halogens is 6. The van der Waals surface area contributed by atoms with Crippen LogP contribution >= 0.6 is 0 Å². The number of rotatable bonds is 7. The van der Waals surface area contributed by atoms with Crippen molar-refractivity contribution < 1.29 is 31.1 Å². The van der Waals surface area contributed by atoms with Crippen LogP contribution in [0.5, 0.6) is 0 Å². The Morgan fingerprint density at radius 2 is 1.58 bits per heavy atom. The summed E-state index contributed by atoms with van der Waals surface area (Å²) in [6.07, 6.45) is -0.149. The molecule has 4 nitrogen and oxygen atoms in total. The summed E-state index contributed by atoms with van der Waals surface area (Å²) in [7, 11) is 1.64. The van der Waals surface area contributed by atoms with E-state index >= 15 is 0 Å². The van der Waals surface area contributed by atoms with E-state index in [0.717, 1.165) is 45.2 Å². The molecule has 1 saturated carbocycles. The summed E-state index contributed by atoms with van der Waals surface area (Å²) in [5.74, 6) is -1.86. The average Bonchev–Trinajstić information content (AvgIpc) is 2.84. The van der Waals surface area contributed by atoms with Gasteiger partial charge in [-0.05, 0) is 69.6 Å². The Morgan fingerprint density at radius 1 is 0.974 bits per heavy atom. The lowest BCUT2D eigenvalue weighted by molar-refractivity contribution is -0.229. The van der Waals surface area contributed by atoms with Crippen LogP contribution in [0.25, 0.3) is 0 Å². The Balaban J connectivity index is 1.42. The molecule has 1 heterocycles. The number of nitrogens with zero attached hydrogens (tertiary/aromatic N) is 3. The molecular formula is C28H39F6N3O. The molecule has 0 N–H and O–H groups in total. The predicted molar refractivity (Wildman–Crippen MR) is 133 cm³/mol. The lowest BCUT2D eigenvalue weighted by Crippen LogP contribution is -2.58. The molecule has 1 saturated heterocycles. The first-order valence-electron chi connectivity index (χ1n) is 13.8. The van der Waals surface area contributed by atoms with E-state index in [9.17, 15) is 31.1 Å². The molecular weight excluding hydrogens is 508 g/mol. The zero-order chi connectivity index (χ0) is 27.7. The van der Waals surface area contributed by atoms with Crippen LogP contribution in [0.1, 0.15) is 57.8 Å². The van der Waals surface area contributed by atoms with Crippen LogP contribution in [0.3, 0.4) is 0 Å². The highest BCUT2D eigenvalue weighted by atomic mass is 19.4. The van der Waals surface area contributed by atoms with Crippen molar-refractivity contribution in [3.8, 4) is 12.3 Å². The van der Waals surface area contributed by atoms with Crippen LogP contribution in [0.2, 0.25) is 0 Å². The maximum atomic E-state index is 13.8. The summed E-state index contributed by atoms with van der Waals surface area (Å²) in [4.78, 5) is 19.8. The van der Waals surface area contributed by atoms with E-state index in [0.29, 0.717) is 19.6 Å². The first kappa shape index (κ1) is 29.3. The highest BCUT2D eigenvalue weighted by molar-refractivity contribution is 5.82. The summed E-state index contributed by atoms with van der Waals surface area (Å²) in [5.41, 5.74) is 2.99. The molecule has 10 heteroatoms. The number of amides is 1. The molecule has 3 aliphatic carbocycles. The summed E-state index contributed by atoms with van der Waals surface area (Å²) in [5, 5.41) is 0. The third-order valence-corrected chi connectivity index (χ3v) is 9.35. The van der Waals surface area contributed by atoms with Crippen molar-refractivity contribution in [2.24, 2.45) is 23.7 Å². The van der Waals surface area contributed by atoms with Gasteiger partial charge in [-0.3, -0.25) is 14.6 Å². The smallest absolute Gasteiger partial charge is 0.344 e. The second kappa shape index (κ2) is 11.8. The van der Waals surface area contributed by atoms with Crippen molar-refractivity contribution in [1.29, 1.82) is 0 Å². The molecule has 4 aliphatic rings. The molecule has 0 spiro atoms. The van der Waals surface area contributed by atoms with Crippen molar-refractivity contribution in [3.63, 3.8) is 0 Å². The number of hydrogen-bond acceptors (Lipinski definition) is 3. The topological polar surface area (TPSA) is 26.8 Å². The Kier molecular flexibility index (Phi) is 9.08. The van der Waals surface area contributed by atoms with Gasteiger partial charge in [-0.15, -0.1) is 6.42 Å². The van der Waals surface area contributed by atoms with Crippen molar-refractivity contribution in [1.82, 2.24) is 14.7 Å². The van der Waals surface area contributed by atoms with Crippen LogP contribution in [0, 0.1) is 36.0 Å². The quantitative estimate of drug-likeness (QED) is 0.239. The van der Waals surface area contributed by atoms with Crippen molar-refractivity contribution in [2.45, 2.75) is 76.2 Å². The van der Waals surface area contributed by atoms with Crippen LogP contribution in [-0.2, 0) is 4.79 Å². The van der Waals surface area contributed by atoms with Crippen LogP contribution < -0.4 is 0 Å². The van der Waals surface area contributed by atoms with Gasteiger partial charge in [-0.2, -0.15) is 26.3 Å². The van der Waals surface area contributed by atoms with Crippen molar-refractivity contribution in [2.75, 3.05) is 46.3 Å². The van der Waals surface area contributed by atoms with Gasteiger partial charge in [0.05, 0.1) is 24.4 Å². The highest BCUT2D eigenvalue weighted by Crippen LogP contribution is 2.48. The first-order valence-corrected chi connectivity index (χ1v) is 13.8. The molecule has 0 aromatic rings. The van der Waals surface area contributed by atoms with Gasteiger partial charge in [0.15, 0.2) is 0 Å². The monoisotopic (exact) mass is 547 g/mol. The number of piperazine rings is 1. The van der Waals surface area contributed by atoms with E-state index in [1.807, 2.05) is 0 Å². The maximum Gasteiger partial charge on any atom is 0.391 e. The summed E-state index contributed by atoms with van der Waals surface area (Å²) in [6, 6.07) is -0.333. The van der Waals surface area contributed by atoms with E-state index in [-0.39, 0.29) is 43.7 Å². The van der Waals surface area contributed by atoms with Gasteiger partial charge in [0, 0.05) is 39.8 Å². The first-order chi connectivity index (χ1) is 17.9. The molecule has 0 aromatic carbocycles. The minimum Gasteiger partial charge on any atom is -0.344 e. The number of hydrogen-bond donors (Lipinski definition) is 0. The highest BCUT2D eigenvalue weighted by Gasteiger charge is 2.51. The van der Waals surface area contributed by atoms with Gasteiger partial charge >= 0.3 is 12.4 Å². The van der Waals surface area contributed by atoms with Crippen molar-refractivity contribution in [3.05, 3.63) is 11.1 Å². The maximum absolute atomic E-state index is 13.8. The standard InChI is InChI=1S/C28H39F6N3O/c1-3-9-36-11-13-37(14-12-36)25(22-7-5-20-4-6-21(20)17-22)26(38)35(2)10-8-19-15-23(27(29,30)31)18-24(16-19)28(32,33)34/h1,19,22-25H,4-18H2,2H3. The van der Waals surface area contributed by atoms with Gasteiger partial charge in [-0.25, -0.2) is 0 Å². The van der Waals surface area contributed by atoms with Gasteiger partial charge < -0.3 is 4.90 Å². The van der Waals surface area contributed by atoms with E-state index in [2.05, 4.69) is 15.7 Å². The Labute approximate surface area is 221 Å². The Hall–Kier alpha value is -1.73. The van der Waals surface area contributed by atoms with E-state index < -0.39 is 36.5 Å². The summed E-state index contributed by atoms with van der Waals surface area (Å²) in [6.45, 7) is 3.66. The zero-order valence-electron chi connectivity index (χ0n) is 22.1. The molecule has 0 radical (unpaired) electrons. The number of allylic oxidation sites excluding steroid dienone is 2. The van der Waals surface area contributed by atoms with E-state index in [1.54, 1.807) is 11.9 Å². The second-order valence-electron chi connectivity index (χ2n) is 11.8.